The number of hydrogen-bond acceptors (Lipinski definition) is 4. The largest absolute Gasteiger partial charge is 0.461 e. The SMILES string of the molecule is CCOC(=O)C(F)=COC(=O)C1CC1(C)C. The first-order valence-electron chi connectivity index (χ1n) is 5.11. The number of halogens is 1. The van der Waals surface area contributed by atoms with Gasteiger partial charge in [-0.15, -0.1) is 0 Å². The van der Waals surface area contributed by atoms with Gasteiger partial charge in [-0.05, 0) is 18.8 Å². The highest BCUT2D eigenvalue weighted by atomic mass is 19.1. The first-order chi connectivity index (χ1) is 7.38. The standard InChI is InChI=1S/C11H15FO4/c1-4-15-10(14)8(12)6-16-9(13)7-5-11(7,2)3/h6-7H,4-5H2,1-3H3. The van der Waals surface area contributed by atoms with Crippen molar-refractivity contribution in [1.82, 2.24) is 0 Å². The van der Waals surface area contributed by atoms with Gasteiger partial charge in [0.25, 0.3) is 0 Å². The number of esters is 2. The van der Waals surface area contributed by atoms with Crippen LogP contribution in [0.4, 0.5) is 4.39 Å². The van der Waals surface area contributed by atoms with Crippen LogP contribution in [0, 0.1) is 11.3 Å². The maximum atomic E-state index is 12.9. The Balaban J connectivity index is 2.41. The van der Waals surface area contributed by atoms with E-state index in [0.29, 0.717) is 6.26 Å². The van der Waals surface area contributed by atoms with E-state index in [1.807, 2.05) is 13.8 Å². The minimum Gasteiger partial charge on any atom is -0.461 e. The van der Waals surface area contributed by atoms with E-state index < -0.39 is 17.8 Å². The molecule has 0 aromatic carbocycles. The molecule has 0 aromatic heterocycles. The van der Waals surface area contributed by atoms with Crippen LogP contribution in [-0.2, 0) is 19.1 Å². The van der Waals surface area contributed by atoms with Gasteiger partial charge >= 0.3 is 11.9 Å². The molecule has 0 radical (unpaired) electrons. The number of carbonyl (C=O) groups excluding carboxylic acids is 2. The van der Waals surface area contributed by atoms with Gasteiger partial charge in [-0.25, -0.2) is 4.79 Å². The van der Waals surface area contributed by atoms with Crippen LogP contribution in [-0.4, -0.2) is 18.5 Å². The summed E-state index contributed by atoms with van der Waals surface area (Å²) < 4.78 is 21.9. The van der Waals surface area contributed by atoms with Crippen LogP contribution in [0.2, 0.25) is 0 Å². The average molecular weight is 230 g/mol. The van der Waals surface area contributed by atoms with Crippen LogP contribution in [0.5, 0.6) is 0 Å². The molecular weight excluding hydrogens is 215 g/mol. The van der Waals surface area contributed by atoms with Crippen molar-refractivity contribution in [3.8, 4) is 0 Å². The number of rotatable bonds is 4. The van der Waals surface area contributed by atoms with Gasteiger partial charge in [-0.1, -0.05) is 13.8 Å². The zero-order valence-corrected chi connectivity index (χ0v) is 9.58. The Morgan fingerprint density at radius 1 is 1.50 bits per heavy atom. The lowest BCUT2D eigenvalue weighted by atomic mass is 10.1. The Labute approximate surface area is 93.4 Å². The Kier molecular flexibility index (Phi) is 3.67. The summed E-state index contributed by atoms with van der Waals surface area (Å²) in [4.78, 5) is 22.1. The predicted octanol–water partition coefficient (Wildman–Crippen LogP) is 1.95. The summed E-state index contributed by atoms with van der Waals surface area (Å²) >= 11 is 0. The summed E-state index contributed by atoms with van der Waals surface area (Å²) in [5.41, 5.74) is -0.0780. The normalized spacial score (nSPS) is 22.5. The van der Waals surface area contributed by atoms with Crippen molar-refractivity contribution in [2.45, 2.75) is 27.2 Å². The topological polar surface area (TPSA) is 52.6 Å². The fourth-order valence-electron chi connectivity index (χ4n) is 1.31. The average Bonchev–Trinajstić information content (AvgIpc) is 2.84. The second-order valence-electron chi connectivity index (χ2n) is 4.37. The van der Waals surface area contributed by atoms with Gasteiger partial charge in [-0.3, -0.25) is 4.79 Å². The van der Waals surface area contributed by atoms with Crippen LogP contribution in [0.3, 0.4) is 0 Å². The molecule has 0 aliphatic heterocycles. The lowest BCUT2D eigenvalue weighted by Crippen LogP contribution is -2.09. The van der Waals surface area contributed by atoms with E-state index in [1.54, 1.807) is 6.92 Å². The van der Waals surface area contributed by atoms with E-state index in [-0.39, 0.29) is 17.9 Å². The van der Waals surface area contributed by atoms with E-state index in [2.05, 4.69) is 9.47 Å². The monoisotopic (exact) mass is 230 g/mol. The van der Waals surface area contributed by atoms with Gasteiger partial charge in [0, 0.05) is 0 Å². The van der Waals surface area contributed by atoms with E-state index >= 15 is 0 Å². The van der Waals surface area contributed by atoms with Gasteiger partial charge in [-0.2, -0.15) is 4.39 Å². The summed E-state index contributed by atoms with van der Waals surface area (Å²) in [6.45, 7) is 5.47. The smallest absolute Gasteiger partial charge is 0.370 e. The van der Waals surface area contributed by atoms with Gasteiger partial charge in [0.05, 0.1) is 12.5 Å². The second kappa shape index (κ2) is 4.63. The zero-order valence-electron chi connectivity index (χ0n) is 9.58. The van der Waals surface area contributed by atoms with Gasteiger partial charge in [0.1, 0.15) is 6.26 Å². The Morgan fingerprint density at radius 2 is 2.06 bits per heavy atom. The van der Waals surface area contributed by atoms with Crippen LogP contribution in [0.25, 0.3) is 0 Å². The molecule has 0 saturated heterocycles. The number of ether oxygens (including phenoxy) is 2. The van der Waals surface area contributed by atoms with Crippen molar-refractivity contribution in [2.24, 2.45) is 11.3 Å². The zero-order chi connectivity index (χ0) is 12.3. The molecule has 1 atom stereocenters. The number of carbonyl (C=O) groups is 2. The molecule has 1 unspecified atom stereocenters. The van der Waals surface area contributed by atoms with Crippen LogP contribution >= 0.6 is 0 Å². The molecule has 90 valence electrons. The second-order valence-corrected chi connectivity index (χ2v) is 4.37. The predicted molar refractivity (Wildman–Crippen MR) is 53.8 cm³/mol. The summed E-state index contributed by atoms with van der Waals surface area (Å²) in [5, 5.41) is 0. The molecule has 0 aromatic rings. The molecule has 1 aliphatic carbocycles. The third-order valence-corrected chi connectivity index (χ3v) is 2.55. The molecule has 5 heteroatoms. The quantitative estimate of drug-likeness (QED) is 0.421. The molecule has 16 heavy (non-hydrogen) atoms. The number of hydrogen-bond donors (Lipinski definition) is 0. The van der Waals surface area contributed by atoms with E-state index in [1.165, 1.54) is 0 Å². The Morgan fingerprint density at radius 3 is 2.50 bits per heavy atom. The minimum absolute atomic E-state index is 0.0731. The van der Waals surface area contributed by atoms with Crippen molar-refractivity contribution in [1.29, 1.82) is 0 Å². The van der Waals surface area contributed by atoms with Gasteiger partial charge in [0.2, 0.25) is 5.83 Å². The van der Waals surface area contributed by atoms with Crippen molar-refractivity contribution >= 4 is 11.9 Å². The first-order valence-corrected chi connectivity index (χ1v) is 5.11. The van der Waals surface area contributed by atoms with Crippen molar-refractivity contribution in [2.75, 3.05) is 6.61 Å². The highest BCUT2D eigenvalue weighted by molar-refractivity contribution is 5.86. The molecule has 1 fully saturated rings. The van der Waals surface area contributed by atoms with Crippen molar-refractivity contribution in [3.05, 3.63) is 12.1 Å². The molecule has 0 spiro atoms. The summed E-state index contributed by atoms with van der Waals surface area (Å²) in [6, 6.07) is 0. The van der Waals surface area contributed by atoms with E-state index in [9.17, 15) is 14.0 Å². The highest BCUT2D eigenvalue weighted by Gasteiger charge is 2.51. The molecule has 0 bridgehead atoms. The fraction of sp³-hybridized carbons (Fsp3) is 0.636. The van der Waals surface area contributed by atoms with Crippen molar-refractivity contribution < 1.29 is 23.5 Å². The van der Waals surface area contributed by atoms with Crippen LogP contribution < -0.4 is 0 Å². The summed E-state index contributed by atoms with van der Waals surface area (Å²) in [7, 11) is 0. The first kappa shape index (κ1) is 12.7. The highest BCUT2D eigenvalue weighted by Crippen LogP contribution is 2.52. The molecule has 1 rings (SSSR count). The van der Waals surface area contributed by atoms with E-state index in [4.69, 9.17) is 0 Å². The molecule has 0 heterocycles. The molecule has 1 saturated carbocycles. The van der Waals surface area contributed by atoms with Gasteiger partial charge < -0.3 is 9.47 Å². The lowest BCUT2D eigenvalue weighted by Gasteiger charge is -2.02. The maximum Gasteiger partial charge on any atom is 0.370 e. The van der Waals surface area contributed by atoms with Gasteiger partial charge in [0.15, 0.2) is 0 Å². The maximum absolute atomic E-state index is 12.9. The third-order valence-electron chi connectivity index (χ3n) is 2.55. The Hall–Kier alpha value is -1.39. The summed E-state index contributed by atoms with van der Waals surface area (Å²) in [6.07, 6.45) is 1.23. The molecule has 0 N–H and O–H groups in total. The minimum atomic E-state index is -1.20. The van der Waals surface area contributed by atoms with Crippen LogP contribution in [0.1, 0.15) is 27.2 Å². The van der Waals surface area contributed by atoms with Crippen LogP contribution in [0.15, 0.2) is 12.1 Å². The summed E-state index contributed by atoms with van der Waals surface area (Å²) in [5.74, 6) is -3.04. The third kappa shape index (κ3) is 3.05. The molecule has 1 aliphatic rings. The Bertz CT molecular complexity index is 333. The van der Waals surface area contributed by atoms with Crippen molar-refractivity contribution in [3.63, 3.8) is 0 Å². The molecular formula is C11H15FO4. The lowest BCUT2D eigenvalue weighted by molar-refractivity contribution is -0.142. The van der Waals surface area contributed by atoms with E-state index in [0.717, 1.165) is 6.42 Å². The molecule has 0 amide bonds. The molecule has 4 nitrogen and oxygen atoms in total. The fourth-order valence-corrected chi connectivity index (χ4v) is 1.31.